The summed E-state index contributed by atoms with van der Waals surface area (Å²) in [5, 5.41) is 0. The number of hydrogen-bond acceptors (Lipinski definition) is 2. The van der Waals surface area contributed by atoms with E-state index in [-0.39, 0.29) is 23.9 Å². The molecule has 0 aromatic rings. The zero-order valence-electron chi connectivity index (χ0n) is 12.1. The minimum absolute atomic E-state index is 0.00919. The van der Waals surface area contributed by atoms with Gasteiger partial charge in [0.05, 0.1) is 0 Å². The molecule has 1 aliphatic rings. The Morgan fingerprint density at radius 1 is 1.22 bits per heavy atom. The quantitative estimate of drug-likeness (QED) is 0.745. The van der Waals surface area contributed by atoms with Gasteiger partial charge in [-0.3, -0.25) is 4.79 Å². The molecule has 1 unspecified atom stereocenters. The number of likely N-dealkylation sites (tertiary alicyclic amines) is 1. The molecule has 0 aromatic heterocycles. The Morgan fingerprint density at radius 2 is 1.83 bits per heavy atom. The van der Waals surface area contributed by atoms with Crippen molar-refractivity contribution in [3.8, 4) is 0 Å². The van der Waals surface area contributed by atoms with Crippen LogP contribution >= 0.6 is 0 Å². The zero-order valence-corrected chi connectivity index (χ0v) is 12.1. The lowest BCUT2D eigenvalue weighted by Gasteiger charge is -2.39. The van der Waals surface area contributed by atoms with Crippen LogP contribution in [0.4, 0.5) is 4.79 Å². The highest BCUT2D eigenvalue weighted by Crippen LogP contribution is 2.17. The Morgan fingerprint density at radius 3 is 2.33 bits per heavy atom. The van der Waals surface area contributed by atoms with E-state index in [1.165, 1.54) is 0 Å². The van der Waals surface area contributed by atoms with Gasteiger partial charge >= 0.3 is 6.03 Å². The highest BCUT2D eigenvalue weighted by atomic mass is 16.2. The SMILES string of the molecule is CC(C)C(=O)N(C)C1CCCN(C(=O)N(C)C)C1. The molecule has 5 heteroatoms. The predicted octanol–water partition coefficient (Wildman–Crippen LogP) is 1.25. The lowest BCUT2D eigenvalue weighted by atomic mass is 10.0. The molecule has 1 heterocycles. The van der Waals surface area contributed by atoms with Gasteiger partial charge in [0.25, 0.3) is 0 Å². The third-order valence-corrected chi connectivity index (χ3v) is 3.44. The van der Waals surface area contributed by atoms with Crippen molar-refractivity contribution in [2.24, 2.45) is 5.92 Å². The summed E-state index contributed by atoms with van der Waals surface area (Å²) in [7, 11) is 5.36. The fourth-order valence-corrected chi connectivity index (χ4v) is 2.31. The Balaban J connectivity index is 2.64. The number of amides is 3. The second-order valence-corrected chi connectivity index (χ2v) is 5.52. The molecule has 0 aliphatic carbocycles. The van der Waals surface area contributed by atoms with Gasteiger partial charge in [-0.2, -0.15) is 0 Å². The Bertz CT molecular complexity index is 297. The molecule has 0 bridgehead atoms. The van der Waals surface area contributed by atoms with Crippen molar-refractivity contribution < 1.29 is 9.59 Å². The van der Waals surface area contributed by atoms with Crippen LogP contribution in [-0.4, -0.2) is 66.9 Å². The Hall–Kier alpha value is -1.26. The van der Waals surface area contributed by atoms with Crippen molar-refractivity contribution in [3.63, 3.8) is 0 Å². The maximum atomic E-state index is 12.0. The highest BCUT2D eigenvalue weighted by molar-refractivity contribution is 5.78. The predicted molar refractivity (Wildman–Crippen MR) is 71.3 cm³/mol. The van der Waals surface area contributed by atoms with Crippen LogP contribution in [0.25, 0.3) is 0 Å². The first-order valence-corrected chi connectivity index (χ1v) is 6.57. The zero-order chi connectivity index (χ0) is 13.9. The van der Waals surface area contributed by atoms with Crippen LogP contribution in [0.5, 0.6) is 0 Å². The summed E-state index contributed by atoms with van der Waals surface area (Å²) in [4.78, 5) is 29.1. The average molecular weight is 255 g/mol. The molecule has 1 fully saturated rings. The molecule has 0 N–H and O–H groups in total. The monoisotopic (exact) mass is 255 g/mol. The normalized spacial score (nSPS) is 19.9. The molecule has 104 valence electrons. The average Bonchev–Trinajstić information content (AvgIpc) is 2.35. The molecule has 0 saturated carbocycles. The van der Waals surface area contributed by atoms with Crippen LogP contribution in [0, 0.1) is 5.92 Å². The van der Waals surface area contributed by atoms with E-state index in [2.05, 4.69) is 0 Å². The number of urea groups is 1. The maximum Gasteiger partial charge on any atom is 0.319 e. The maximum absolute atomic E-state index is 12.0. The smallest absolute Gasteiger partial charge is 0.319 e. The Labute approximate surface area is 110 Å². The van der Waals surface area contributed by atoms with Gasteiger partial charge in [0, 0.05) is 46.2 Å². The van der Waals surface area contributed by atoms with Crippen molar-refractivity contribution in [2.45, 2.75) is 32.7 Å². The molecule has 1 rings (SSSR count). The van der Waals surface area contributed by atoms with Gasteiger partial charge in [-0.25, -0.2) is 4.79 Å². The third-order valence-electron chi connectivity index (χ3n) is 3.44. The van der Waals surface area contributed by atoms with Gasteiger partial charge in [-0.15, -0.1) is 0 Å². The summed E-state index contributed by atoms with van der Waals surface area (Å²) < 4.78 is 0. The highest BCUT2D eigenvalue weighted by Gasteiger charge is 2.29. The fraction of sp³-hybridized carbons (Fsp3) is 0.846. The minimum atomic E-state index is 0.00919. The number of nitrogens with zero attached hydrogens (tertiary/aromatic N) is 3. The molecule has 1 saturated heterocycles. The van der Waals surface area contributed by atoms with Crippen LogP contribution in [0.3, 0.4) is 0 Å². The van der Waals surface area contributed by atoms with Gasteiger partial charge in [0.2, 0.25) is 5.91 Å². The van der Waals surface area contributed by atoms with Crippen molar-refractivity contribution in [2.75, 3.05) is 34.2 Å². The number of piperidine rings is 1. The summed E-state index contributed by atoms with van der Waals surface area (Å²) in [6, 6.07) is 0.183. The largest absolute Gasteiger partial charge is 0.341 e. The van der Waals surface area contributed by atoms with Gasteiger partial charge < -0.3 is 14.7 Å². The van der Waals surface area contributed by atoms with Gasteiger partial charge in [0.15, 0.2) is 0 Å². The van der Waals surface area contributed by atoms with Crippen LogP contribution < -0.4 is 0 Å². The molecule has 5 nitrogen and oxygen atoms in total. The standard InChI is InChI=1S/C13H25N3O2/c1-10(2)12(17)15(5)11-7-6-8-16(9-11)13(18)14(3)4/h10-11H,6-9H2,1-5H3. The summed E-state index contributed by atoms with van der Waals surface area (Å²) in [5.41, 5.74) is 0. The van der Waals surface area contributed by atoms with Crippen LogP contribution in [-0.2, 0) is 4.79 Å². The molecule has 0 aromatic carbocycles. The van der Waals surface area contributed by atoms with Crippen molar-refractivity contribution in [3.05, 3.63) is 0 Å². The van der Waals surface area contributed by atoms with Crippen LogP contribution in [0.2, 0.25) is 0 Å². The Kier molecular flexibility index (Phi) is 4.99. The number of rotatable bonds is 2. The number of hydrogen-bond donors (Lipinski definition) is 0. The van der Waals surface area contributed by atoms with E-state index in [0.29, 0.717) is 6.54 Å². The molecule has 0 radical (unpaired) electrons. The first kappa shape index (κ1) is 14.8. The molecule has 0 spiro atoms. The lowest BCUT2D eigenvalue weighted by molar-refractivity contribution is -0.136. The topological polar surface area (TPSA) is 43.9 Å². The summed E-state index contributed by atoms with van der Waals surface area (Å²) >= 11 is 0. The number of carbonyl (C=O) groups excluding carboxylic acids is 2. The fourth-order valence-electron chi connectivity index (χ4n) is 2.31. The van der Waals surface area contributed by atoms with E-state index < -0.39 is 0 Å². The van der Waals surface area contributed by atoms with Crippen LogP contribution in [0.1, 0.15) is 26.7 Å². The molecular weight excluding hydrogens is 230 g/mol. The van der Waals surface area contributed by atoms with Crippen molar-refractivity contribution in [1.82, 2.24) is 14.7 Å². The van der Waals surface area contributed by atoms with Crippen molar-refractivity contribution >= 4 is 11.9 Å². The van der Waals surface area contributed by atoms with Gasteiger partial charge in [-0.05, 0) is 12.8 Å². The molecule has 1 atom stereocenters. The van der Waals surface area contributed by atoms with E-state index in [1.807, 2.05) is 25.8 Å². The second-order valence-electron chi connectivity index (χ2n) is 5.52. The first-order valence-electron chi connectivity index (χ1n) is 6.57. The van der Waals surface area contributed by atoms with E-state index in [1.54, 1.807) is 23.9 Å². The minimum Gasteiger partial charge on any atom is -0.341 e. The number of carbonyl (C=O) groups is 2. The van der Waals surface area contributed by atoms with E-state index in [0.717, 1.165) is 19.4 Å². The van der Waals surface area contributed by atoms with Crippen molar-refractivity contribution in [1.29, 1.82) is 0 Å². The number of likely N-dealkylation sites (N-methyl/N-ethyl adjacent to an activating group) is 1. The molecule has 18 heavy (non-hydrogen) atoms. The summed E-state index contributed by atoms with van der Waals surface area (Å²) in [6.45, 7) is 5.25. The molecule has 3 amide bonds. The third kappa shape index (κ3) is 3.37. The van der Waals surface area contributed by atoms with Crippen LogP contribution in [0.15, 0.2) is 0 Å². The summed E-state index contributed by atoms with van der Waals surface area (Å²) in [5.74, 6) is 0.161. The van der Waals surface area contributed by atoms with E-state index in [4.69, 9.17) is 0 Å². The van der Waals surface area contributed by atoms with Gasteiger partial charge in [0.1, 0.15) is 0 Å². The van der Waals surface area contributed by atoms with E-state index >= 15 is 0 Å². The molecule has 1 aliphatic heterocycles. The molecular formula is C13H25N3O2. The summed E-state index contributed by atoms with van der Waals surface area (Å²) in [6.07, 6.45) is 1.94. The lowest BCUT2D eigenvalue weighted by Crippen LogP contribution is -2.53. The second kappa shape index (κ2) is 6.07. The van der Waals surface area contributed by atoms with E-state index in [9.17, 15) is 9.59 Å². The van der Waals surface area contributed by atoms with Gasteiger partial charge in [-0.1, -0.05) is 13.8 Å². The first-order chi connectivity index (χ1) is 8.34.